The van der Waals surface area contributed by atoms with E-state index in [1.165, 1.54) is 44.5 Å². The summed E-state index contributed by atoms with van der Waals surface area (Å²) in [6.07, 6.45) is 4.15. The number of nitrogens with zero attached hydrogens (tertiary/aromatic N) is 1. The van der Waals surface area contributed by atoms with Crippen molar-refractivity contribution < 1.29 is 0 Å². The zero-order valence-electron chi connectivity index (χ0n) is 12.7. The van der Waals surface area contributed by atoms with Gasteiger partial charge in [0.15, 0.2) is 0 Å². The Morgan fingerprint density at radius 3 is 2.55 bits per heavy atom. The lowest BCUT2D eigenvalue weighted by Gasteiger charge is -2.29. The van der Waals surface area contributed by atoms with Crippen LogP contribution in [-0.2, 0) is 0 Å². The molecule has 2 atom stereocenters. The summed E-state index contributed by atoms with van der Waals surface area (Å²) in [4.78, 5) is 2.61. The molecule has 0 radical (unpaired) electrons. The summed E-state index contributed by atoms with van der Waals surface area (Å²) < 4.78 is 0. The topological polar surface area (TPSA) is 15.3 Å². The van der Waals surface area contributed by atoms with E-state index < -0.39 is 0 Å². The molecule has 0 aromatic heterocycles. The minimum Gasteiger partial charge on any atom is -0.310 e. The summed E-state index contributed by atoms with van der Waals surface area (Å²) in [7, 11) is 0. The Morgan fingerprint density at radius 1 is 1.15 bits per heavy atom. The number of piperidine rings is 1. The number of likely N-dealkylation sites (tertiary alicyclic amines) is 1. The molecule has 3 heteroatoms. The monoisotopic (exact) mass is 294 g/mol. The Kier molecular flexibility index (Phi) is 6.34. The van der Waals surface area contributed by atoms with Gasteiger partial charge in [-0.05, 0) is 56.9 Å². The molecular weight excluding hydrogens is 268 g/mol. The molecule has 2 unspecified atom stereocenters. The molecule has 1 aromatic carbocycles. The molecule has 1 N–H and O–H groups in total. The van der Waals surface area contributed by atoms with Crippen LogP contribution in [-0.4, -0.2) is 31.1 Å². The van der Waals surface area contributed by atoms with Gasteiger partial charge in [0.05, 0.1) is 0 Å². The molecule has 112 valence electrons. The molecule has 20 heavy (non-hydrogen) atoms. The van der Waals surface area contributed by atoms with E-state index >= 15 is 0 Å². The minimum atomic E-state index is 0.313. The van der Waals surface area contributed by atoms with Crippen molar-refractivity contribution in [3.8, 4) is 0 Å². The summed E-state index contributed by atoms with van der Waals surface area (Å²) in [5.41, 5.74) is 1.19. The van der Waals surface area contributed by atoms with E-state index in [0.29, 0.717) is 12.0 Å². The van der Waals surface area contributed by atoms with E-state index in [2.05, 4.69) is 36.2 Å². The number of hydrogen-bond donors (Lipinski definition) is 1. The Hall–Kier alpha value is -0.570. The van der Waals surface area contributed by atoms with Gasteiger partial charge in [0, 0.05) is 17.6 Å². The second-order valence-corrected chi connectivity index (χ2v) is 6.53. The van der Waals surface area contributed by atoms with Crippen molar-refractivity contribution in [1.82, 2.24) is 10.2 Å². The minimum absolute atomic E-state index is 0.313. The predicted octanol–water partition coefficient (Wildman–Crippen LogP) is 4.11. The maximum Gasteiger partial charge on any atom is 0.0453 e. The van der Waals surface area contributed by atoms with Gasteiger partial charge in [-0.15, -0.1) is 0 Å². The van der Waals surface area contributed by atoms with Crippen molar-refractivity contribution in [2.75, 3.05) is 26.2 Å². The molecule has 0 spiro atoms. The third-order valence-corrected chi connectivity index (χ3v) is 4.51. The third-order valence-electron chi connectivity index (χ3n) is 4.16. The largest absolute Gasteiger partial charge is 0.310 e. The molecule has 0 aliphatic carbocycles. The van der Waals surface area contributed by atoms with Crippen LogP contribution in [0.15, 0.2) is 24.3 Å². The second kappa shape index (κ2) is 8.02. The average molecular weight is 295 g/mol. The van der Waals surface area contributed by atoms with Gasteiger partial charge in [-0.3, -0.25) is 0 Å². The van der Waals surface area contributed by atoms with Crippen LogP contribution >= 0.6 is 11.6 Å². The summed E-state index contributed by atoms with van der Waals surface area (Å²) in [6.45, 7) is 9.34. The molecule has 2 rings (SSSR count). The maximum atomic E-state index is 6.24. The van der Waals surface area contributed by atoms with E-state index in [0.717, 1.165) is 11.6 Å². The lowest BCUT2D eigenvalue weighted by molar-refractivity contribution is 0.197. The molecule has 0 amide bonds. The fourth-order valence-electron chi connectivity index (χ4n) is 2.96. The molecule has 1 heterocycles. The third kappa shape index (κ3) is 4.76. The molecule has 1 fully saturated rings. The van der Waals surface area contributed by atoms with Crippen LogP contribution in [0, 0.1) is 5.92 Å². The summed E-state index contributed by atoms with van der Waals surface area (Å²) in [6, 6.07) is 8.42. The van der Waals surface area contributed by atoms with Crippen LogP contribution in [0.4, 0.5) is 0 Å². The first-order valence-corrected chi connectivity index (χ1v) is 8.25. The Bertz CT molecular complexity index is 402. The Labute approximate surface area is 128 Å². The lowest BCUT2D eigenvalue weighted by atomic mass is 10.1. The van der Waals surface area contributed by atoms with Gasteiger partial charge < -0.3 is 10.2 Å². The molecule has 2 nitrogen and oxygen atoms in total. The first-order chi connectivity index (χ1) is 9.66. The van der Waals surface area contributed by atoms with E-state index in [1.54, 1.807) is 0 Å². The van der Waals surface area contributed by atoms with E-state index in [4.69, 9.17) is 11.6 Å². The fourth-order valence-corrected chi connectivity index (χ4v) is 3.26. The first-order valence-electron chi connectivity index (χ1n) is 7.87. The van der Waals surface area contributed by atoms with Crippen LogP contribution in [0.3, 0.4) is 0 Å². The number of nitrogens with one attached hydrogen (secondary N) is 1. The molecular formula is C17H27ClN2. The van der Waals surface area contributed by atoms with Crippen LogP contribution in [0.25, 0.3) is 0 Å². The molecule has 0 saturated carbocycles. The highest BCUT2D eigenvalue weighted by atomic mass is 35.5. The highest BCUT2D eigenvalue weighted by Gasteiger charge is 2.15. The van der Waals surface area contributed by atoms with Crippen molar-refractivity contribution in [3.63, 3.8) is 0 Å². The van der Waals surface area contributed by atoms with Crippen LogP contribution in [0.1, 0.15) is 44.7 Å². The predicted molar refractivity (Wildman–Crippen MR) is 87.3 cm³/mol. The smallest absolute Gasteiger partial charge is 0.0453 e. The molecule has 1 aromatic rings. The highest BCUT2D eigenvalue weighted by Crippen LogP contribution is 2.22. The zero-order chi connectivity index (χ0) is 14.4. The quantitative estimate of drug-likeness (QED) is 0.849. The lowest BCUT2D eigenvalue weighted by Crippen LogP contribution is -2.37. The summed E-state index contributed by atoms with van der Waals surface area (Å²) >= 11 is 6.24. The number of rotatable bonds is 6. The van der Waals surface area contributed by atoms with Crippen molar-refractivity contribution >= 4 is 11.6 Å². The van der Waals surface area contributed by atoms with Crippen LogP contribution in [0.5, 0.6) is 0 Å². The SMILES string of the molecule is CC(CNC(C)c1ccccc1Cl)CN1CCCCC1. The van der Waals surface area contributed by atoms with Crippen LogP contribution < -0.4 is 5.32 Å². The molecule has 1 aliphatic heterocycles. The second-order valence-electron chi connectivity index (χ2n) is 6.12. The number of hydrogen-bond acceptors (Lipinski definition) is 2. The number of benzene rings is 1. The highest BCUT2D eigenvalue weighted by molar-refractivity contribution is 6.31. The maximum absolute atomic E-state index is 6.24. The van der Waals surface area contributed by atoms with Gasteiger partial charge >= 0.3 is 0 Å². The Morgan fingerprint density at radius 2 is 1.85 bits per heavy atom. The normalized spacial score (nSPS) is 19.8. The standard InChI is InChI=1S/C17H27ClN2/c1-14(13-20-10-6-3-7-11-20)12-19-15(2)16-8-4-5-9-17(16)18/h4-5,8-9,14-15,19H,3,6-7,10-13H2,1-2H3. The van der Waals surface area contributed by atoms with Gasteiger partial charge in [-0.2, -0.15) is 0 Å². The van der Waals surface area contributed by atoms with Gasteiger partial charge in [-0.25, -0.2) is 0 Å². The van der Waals surface area contributed by atoms with E-state index in [-0.39, 0.29) is 0 Å². The van der Waals surface area contributed by atoms with Crippen LogP contribution in [0.2, 0.25) is 5.02 Å². The van der Waals surface area contributed by atoms with Gasteiger partial charge in [0.1, 0.15) is 0 Å². The number of halogens is 1. The Balaban J connectivity index is 1.75. The van der Waals surface area contributed by atoms with E-state index in [9.17, 15) is 0 Å². The van der Waals surface area contributed by atoms with Gasteiger partial charge in [0.2, 0.25) is 0 Å². The van der Waals surface area contributed by atoms with Crippen molar-refractivity contribution in [1.29, 1.82) is 0 Å². The van der Waals surface area contributed by atoms with Gasteiger partial charge in [-0.1, -0.05) is 43.1 Å². The molecule has 0 bridgehead atoms. The van der Waals surface area contributed by atoms with E-state index in [1.807, 2.05) is 12.1 Å². The fraction of sp³-hybridized carbons (Fsp3) is 0.647. The molecule has 1 saturated heterocycles. The summed E-state index contributed by atoms with van der Waals surface area (Å²) in [5.74, 6) is 0.679. The zero-order valence-corrected chi connectivity index (χ0v) is 13.5. The molecule has 1 aliphatic rings. The summed E-state index contributed by atoms with van der Waals surface area (Å²) in [5, 5.41) is 4.48. The van der Waals surface area contributed by atoms with Crippen molar-refractivity contribution in [3.05, 3.63) is 34.9 Å². The van der Waals surface area contributed by atoms with Crippen molar-refractivity contribution in [2.24, 2.45) is 5.92 Å². The average Bonchev–Trinajstić information content (AvgIpc) is 2.46. The first kappa shape index (κ1) is 15.8. The van der Waals surface area contributed by atoms with Crippen molar-refractivity contribution in [2.45, 2.75) is 39.2 Å². The van der Waals surface area contributed by atoms with Gasteiger partial charge in [0.25, 0.3) is 0 Å².